The third kappa shape index (κ3) is 3.28. The van der Waals surface area contributed by atoms with Crippen LogP contribution in [0.4, 0.5) is 0 Å². The normalized spacial score (nSPS) is 13.7. The number of carbonyl (C=O) groups excluding carboxylic acids is 1. The molecule has 2 aromatic rings. The van der Waals surface area contributed by atoms with Crippen molar-refractivity contribution in [2.75, 3.05) is 0 Å². The van der Waals surface area contributed by atoms with Crippen molar-refractivity contribution in [3.63, 3.8) is 0 Å². The summed E-state index contributed by atoms with van der Waals surface area (Å²) in [7, 11) is 0. The van der Waals surface area contributed by atoms with Gasteiger partial charge >= 0.3 is 5.69 Å². The summed E-state index contributed by atoms with van der Waals surface area (Å²) in [4.78, 5) is 37.3. The van der Waals surface area contributed by atoms with E-state index in [1.165, 1.54) is 4.57 Å². The van der Waals surface area contributed by atoms with Gasteiger partial charge in [-0.3, -0.25) is 14.2 Å². The summed E-state index contributed by atoms with van der Waals surface area (Å²) < 4.78 is 2.24. The Bertz CT molecular complexity index is 1030. The van der Waals surface area contributed by atoms with Gasteiger partial charge in [0.25, 0.3) is 5.56 Å². The van der Waals surface area contributed by atoms with Crippen molar-refractivity contribution in [2.45, 2.75) is 38.9 Å². The number of halogens is 1. The molecule has 0 aliphatic carbocycles. The average molecular weight is 373 g/mol. The minimum atomic E-state index is -0.712. The van der Waals surface area contributed by atoms with E-state index in [1.807, 2.05) is 12.1 Å². The number of benzene rings is 1. The fourth-order valence-electron chi connectivity index (χ4n) is 3.18. The minimum absolute atomic E-state index is 0.0576. The molecule has 1 atom stereocenters. The Labute approximate surface area is 154 Å². The van der Waals surface area contributed by atoms with E-state index in [1.54, 1.807) is 25.1 Å². The summed E-state index contributed by atoms with van der Waals surface area (Å²) in [6, 6.07) is 8.59. The first-order valence-corrected chi connectivity index (χ1v) is 8.61. The van der Waals surface area contributed by atoms with Gasteiger partial charge in [0.05, 0.1) is 6.04 Å². The maximum atomic E-state index is 12.5. The number of hydrogen-bond donors (Lipinski definition) is 1. The smallest absolute Gasteiger partial charge is 0.331 e. The zero-order valence-corrected chi connectivity index (χ0v) is 14.9. The van der Waals surface area contributed by atoms with Crippen molar-refractivity contribution in [2.24, 2.45) is 0 Å². The number of fused-ring (bicyclic) bond motifs is 1. The molecular weight excluding hydrogens is 356 g/mol. The number of aromatic nitrogens is 2. The van der Waals surface area contributed by atoms with Gasteiger partial charge in [0.1, 0.15) is 18.2 Å². The molecule has 3 rings (SSSR count). The van der Waals surface area contributed by atoms with E-state index in [2.05, 4.69) is 5.32 Å². The van der Waals surface area contributed by atoms with Gasteiger partial charge in [0, 0.05) is 17.3 Å². The second kappa shape index (κ2) is 7.18. The number of carbonyl (C=O) groups is 1. The predicted molar refractivity (Wildman–Crippen MR) is 96.0 cm³/mol. The summed E-state index contributed by atoms with van der Waals surface area (Å²) in [6.45, 7) is 1.80. The number of rotatable bonds is 4. The fourth-order valence-corrected chi connectivity index (χ4v) is 3.38. The van der Waals surface area contributed by atoms with Crippen molar-refractivity contribution in [1.82, 2.24) is 14.5 Å². The summed E-state index contributed by atoms with van der Waals surface area (Å²) in [6.07, 6.45) is 1.22. The molecule has 0 unspecified atom stereocenters. The molecule has 0 saturated carbocycles. The van der Waals surface area contributed by atoms with Crippen LogP contribution in [0.3, 0.4) is 0 Å². The lowest BCUT2D eigenvalue weighted by Gasteiger charge is -2.16. The van der Waals surface area contributed by atoms with E-state index in [-0.39, 0.29) is 11.6 Å². The summed E-state index contributed by atoms with van der Waals surface area (Å²) in [5.74, 6) is -0.487. The van der Waals surface area contributed by atoms with Crippen LogP contribution in [-0.4, -0.2) is 15.0 Å². The topological polar surface area (TPSA) is 96.9 Å². The zero-order valence-electron chi connectivity index (χ0n) is 14.2. The zero-order chi connectivity index (χ0) is 18.8. The second-order valence-corrected chi connectivity index (χ2v) is 6.64. The number of hydrogen-bond acceptors (Lipinski definition) is 4. The van der Waals surface area contributed by atoms with Crippen molar-refractivity contribution >= 4 is 17.5 Å². The number of amides is 1. The Morgan fingerprint density at radius 2 is 2.19 bits per heavy atom. The van der Waals surface area contributed by atoms with Crippen LogP contribution in [0.5, 0.6) is 0 Å². The van der Waals surface area contributed by atoms with Gasteiger partial charge < -0.3 is 5.32 Å². The molecule has 7 nitrogen and oxygen atoms in total. The summed E-state index contributed by atoms with van der Waals surface area (Å²) >= 11 is 5.95. The van der Waals surface area contributed by atoms with Gasteiger partial charge in [-0.2, -0.15) is 5.26 Å². The molecule has 0 saturated heterocycles. The van der Waals surface area contributed by atoms with Crippen LogP contribution < -0.4 is 16.6 Å². The lowest BCUT2D eigenvalue weighted by molar-refractivity contribution is -0.122. The second-order valence-electron chi connectivity index (χ2n) is 6.21. The molecule has 1 N–H and O–H groups in total. The molecule has 1 aliphatic heterocycles. The van der Waals surface area contributed by atoms with Crippen LogP contribution in [0.2, 0.25) is 5.02 Å². The molecule has 134 valence electrons. The maximum absolute atomic E-state index is 12.5. The van der Waals surface area contributed by atoms with Crippen LogP contribution in [-0.2, 0) is 24.3 Å². The molecule has 0 fully saturated rings. The van der Waals surface area contributed by atoms with Crippen molar-refractivity contribution in [1.29, 1.82) is 5.26 Å². The predicted octanol–water partition coefficient (Wildman–Crippen LogP) is 1.36. The number of nitrogens with zero attached hydrogens (tertiary/aromatic N) is 3. The fraction of sp³-hybridized carbons (Fsp3) is 0.333. The van der Waals surface area contributed by atoms with Crippen LogP contribution >= 0.6 is 11.6 Å². The molecule has 1 amide bonds. The highest BCUT2D eigenvalue weighted by Gasteiger charge is 2.23. The first kappa shape index (κ1) is 18.0. The lowest BCUT2D eigenvalue weighted by Crippen LogP contribution is -2.45. The van der Waals surface area contributed by atoms with Gasteiger partial charge in [0.15, 0.2) is 0 Å². The molecule has 1 aliphatic rings. The molecule has 0 radical (unpaired) electrons. The SMILES string of the molecule is C[C@H](NC(=O)Cn1c(=O)c(C#N)c2n(c1=O)CCC2)c1cccc(Cl)c1. The van der Waals surface area contributed by atoms with Crippen LogP contribution in [0.1, 0.15) is 36.2 Å². The first-order valence-electron chi connectivity index (χ1n) is 8.24. The van der Waals surface area contributed by atoms with E-state index < -0.39 is 23.7 Å². The Balaban J connectivity index is 1.86. The highest BCUT2D eigenvalue weighted by Crippen LogP contribution is 2.17. The van der Waals surface area contributed by atoms with Crippen molar-refractivity contribution < 1.29 is 4.79 Å². The standard InChI is InChI=1S/C18H17ClN4O3/c1-11(12-4-2-5-13(19)8-12)21-16(24)10-23-17(25)14(9-20)15-6-3-7-22(15)18(23)26/h2,4-5,8,11H,3,6-7,10H2,1H3,(H,21,24)/t11-/m0/s1. The van der Waals surface area contributed by atoms with Gasteiger partial charge in [-0.1, -0.05) is 23.7 Å². The Morgan fingerprint density at radius 3 is 2.88 bits per heavy atom. The molecule has 2 heterocycles. The van der Waals surface area contributed by atoms with Crippen LogP contribution in [0, 0.1) is 11.3 Å². The van der Waals surface area contributed by atoms with Gasteiger partial charge in [-0.25, -0.2) is 9.36 Å². The minimum Gasteiger partial charge on any atom is -0.348 e. The summed E-state index contributed by atoms with van der Waals surface area (Å²) in [5, 5.41) is 12.6. The van der Waals surface area contributed by atoms with E-state index in [0.717, 1.165) is 10.1 Å². The van der Waals surface area contributed by atoms with Crippen LogP contribution in [0.25, 0.3) is 0 Å². The Kier molecular flexibility index (Phi) is 4.96. The third-order valence-corrected chi connectivity index (χ3v) is 4.71. The molecular formula is C18H17ClN4O3. The van der Waals surface area contributed by atoms with Gasteiger partial charge in [-0.05, 0) is 37.5 Å². The molecule has 8 heteroatoms. The largest absolute Gasteiger partial charge is 0.348 e. The number of nitriles is 1. The van der Waals surface area contributed by atoms with E-state index >= 15 is 0 Å². The third-order valence-electron chi connectivity index (χ3n) is 4.47. The van der Waals surface area contributed by atoms with Gasteiger partial charge in [-0.15, -0.1) is 0 Å². The summed E-state index contributed by atoms with van der Waals surface area (Å²) in [5.41, 5.74) is -0.0471. The van der Waals surface area contributed by atoms with Crippen molar-refractivity contribution in [3.8, 4) is 6.07 Å². The Hall–Kier alpha value is -2.85. The van der Waals surface area contributed by atoms with Crippen molar-refractivity contribution in [3.05, 3.63) is 66.9 Å². The van der Waals surface area contributed by atoms with Gasteiger partial charge in [0.2, 0.25) is 5.91 Å². The molecule has 1 aromatic carbocycles. The highest BCUT2D eigenvalue weighted by atomic mass is 35.5. The first-order chi connectivity index (χ1) is 12.4. The number of nitrogens with one attached hydrogen (secondary N) is 1. The molecule has 26 heavy (non-hydrogen) atoms. The molecule has 0 spiro atoms. The van der Waals surface area contributed by atoms with E-state index in [9.17, 15) is 19.6 Å². The quantitative estimate of drug-likeness (QED) is 0.876. The monoisotopic (exact) mass is 372 g/mol. The molecule has 0 bridgehead atoms. The van der Waals surface area contributed by atoms with E-state index in [0.29, 0.717) is 30.1 Å². The highest BCUT2D eigenvalue weighted by molar-refractivity contribution is 6.30. The maximum Gasteiger partial charge on any atom is 0.331 e. The van der Waals surface area contributed by atoms with E-state index in [4.69, 9.17) is 11.6 Å². The van der Waals surface area contributed by atoms with Crippen LogP contribution in [0.15, 0.2) is 33.9 Å². The average Bonchev–Trinajstić information content (AvgIpc) is 3.08. The Morgan fingerprint density at radius 1 is 1.42 bits per heavy atom. The molecule has 1 aromatic heterocycles. The lowest BCUT2D eigenvalue weighted by atomic mass is 10.1.